The summed E-state index contributed by atoms with van der Waals surface area (Å²) in [4.78, 5) is 10.9. The molecule has 0 radical (unpaired) electrons. The van der Waals surface area contributed by atoms with E-state index >= 15 is 0 Å². The third-order valence-corrected chi connectivity index (χ3v) is 4.94. The summed E-state index contributed by atoms with van der Waals surface area (Å²) in [5, 5.41) is 16.7. The average Bonchev–Trinajstić information content (AvgIpc) is 3.34. The van der Waals surface area contributed by atoms with Gasteiger partial charge in [-0.05, 0) is 31.9 Å². The van der Waals surface area contributed by atoms with Gasteiger partial charge in [0.15, 0.2) is 11.5 Å². The van der Waals surface area contributed by atoms with Gasteiger partial charge < -0.3 is 10.2 Å². The van der Waals surface area contributed by atoms with Crippen LogP contribution in [-0.4, -0.2) is 49.4 Å². The van der Waals surface area contributed by atoms with Gasteiger partial charge >= 0.3 is 0 Å². The van der Waals surface area contributed by atoms with Crippen molar-refractivity contribution < 1.29 is 0 Å². The maximum Gasteiger partial charge on any atom is 0.178 e. The van der Waals surface area contributed by atoms with Crippen LogP contribution in [0, 0.1) is 12.8 Å². The number of nitrogens with one attached hydrogen (secondary N) is 1. The Labute approximate surface area is 145 Å². The molecule has 1 saturated carbocycles. The van der Waals surface area contributed by atoms with E-state index in [-0.39, 0.29) is 0 Å². The molecular formula is C17H20N8. The molecule has 3 aromatic heterocycles. The van der Waals surface area contributed by atoms with Crippen molar-refractivity contribution in [3.05, 3.63) is 36.0 Å². The lowest BCUT2D eigenvalue weighted by molar-refractivity contribution is 0.424. The summed E-state index contributed by atoms with van der Waals surface area (Å²) in [5.41, 5.74) is 1.77. The molecule has 4 heterocycles. The summed E-state index contributed by atoms with van der Waals surface area (Å²) in [6.07, 6.45) is 5.84. The van der Waals surface area contributed by atoms with Crippen molar-refractivity contribution in [1.29, 1.82) is 0 Å². The van der Waals surface area contributed by atoms with Gasteiger partial charge in [-0.3, -0.25) is 4.98 Å². The second-order valence-corrected chi connectivity index (χ2v) is 6.94. The lowest BCUT2D eigenvalue weighted by Crippen LogP contribution is -2.50. The summed E-state index contributed by atoms with van der Waals surface area (Å²) in [7, 11) is 0. The largest absolute Gasteiger partial charge is 0.368 e. The number of anilines is 2. The molecule has 8 heteroatoms. The van der Waals surface area contributed by atoms with Gasteiger partial charge in [0.2, 0.25) is 0 Å². The average molecular weight is 336 g/mol. The number of aromatic nitrogens is 6. The molecule has 0 bridgehead atoms. The number of nitrogens with zero attached hydrogens (tertiary/aromatic N) is 7. The Balaban J connectivity index is 1.24. The SMILES string of the molecule is Cc1nccnc1NCC1CN(c2ccc3nnc(C4CC4)n3n2)C1. The first-order valence-corrected chi connectivity index (χ1v) is 8.77. The van der Waals surface area contributed by atoms with E-state index in [2.05, 4.69) is 30.4 Å². The van der Waals surface area contributed by atoms with Gasteiger partial charge in [-0.2, -0.15) is 4.52 Å². The van der Waals surface area contributed by atoms with Crippen molar-refractivity contribution in [3.8, 4) is 0 Å². The lowest BCUT2D eigenvalue weighted by Gasteiger charge is -2.40. The highest BCUT2D eigenvalue weighted by molar-refractivity contribution is 5.48. The fraction of sp³-hybridized carbons (Fsp3) is 0.471. The molecule has 1 N–H and O–H groups in total. The van der Waals surface area contributed by atoms with Crippen molar-refractivity contribution in [2.24, 2.45) is 5.92 Å². The van der Waals surface area contributed by atoms with E-state index in [4.69, 9.17) is 5.10 Å². The van der Waals surface area contributed by atoms with E-state index in [1.54, 1.807) is 12.4 Å². The molecule has 25 heavy (non-hydrogen) atoms. The Morgan fingerprint density at radius 2 is 1.96 bits per heavy atom. The number of hydrogen-bond donors (Lipinski definition) is 1. The van der Waals surface area contributed by atoms with E-state index in [9.17, 15) is 0 Å². The Hall–Kier alpha value is -2.77. The van der Waals surface area contributed by atoms with E-state index < -0.39 is 0 Å². The second kappa shape index (κ2) is 5.65. The summed E-state index contributed by atoms with van der Waals surface area (Å²) in [5.74, 6) is 4.01. The minimum atomic E-state index is 0.543. The van der Waals surface area contributed by atoms with Crippen LogP contribution < -0.4 is 10.2 Å². The molecule has 2 fully saturated rings. The highest BCUT2D eigenvalue weighted by atomic mass is 15.4. The van der Waals surface area contributed by atoms with Crippen LogP contribution in [-0.2, 0) is 0 Å². The van der Waals surface area contributed by atoms with Crippen molar-refractivity contribution in [2.45, 2.75) is 25.7 Å². The zero-order valence-electron chi connectivity index (χ0n) is 14.1. The van der Waals surface area contributed by atoms with Crippen LogP contribution in [0.3, 0.4) is 0 Å². The normalized spacial score (nSPS) is 17.7. The summed E-state index contributed by atoms with van der Waals surface area (Å²) in [6, 6.07) is 4.05. The first-order chi connectivity index (χ1) is 12.3. The molecular weight excluding hydrogens is 316 g/mol. The smallest absolute Gasteiger partial charge is 0.178 e. The molecule has 3 aromatic rings. The fourth-order valence-electron chi connectivity index (χ4n) is 3.27. The lowest BCUT2D eigenvalue weighted by atomic mass is 10.0. The molecule has 1 aliphatic heterocycles. The van der Waals surface area contributed by atoms with Gasteiger partial charge in [-0.25, -0.2) is 4.98 Å². The zero-order chi connectivity index (χ0) is 16.8. The maximum absolute atomic E-state index is 4.76. The van der Waals surface area contributed by atoms with Gasteiger partial charge in [0, 0.05) is 43.9 Å². The molecule has 5 rings (SSSR count). The molecule has 0 aromatic carbocycles. The third-order valence-electron chi connectivity index (χ3n) is 4.94. The van der Waals surface area contributed by atoms with Crippen molar-refractivity contribution in [1.82, 2.24) is 29.8 Å². The van der Waals surface area contributed by atoms with Crippen LogP contribution in [0.25, 0.3) is 5.65 Å². The first-order valence-electron chi connectivity index (χ1n) is 8.77. The Morgan fingerprint density at radius 1 is 1.12 bits per heavy atom. The molecule has 1 aliphatic carbocycles. The van der Waals surface area contributed by atoms with Crippen LogP contribution >= 0.6 is 0 Å². The number of rotatable bonds is 5. The van der Waals surface area contributed by atoms with E-state index in [0.29, 0.717) is 11.8 Å². The summed E-state index contributed by atoms with van der Waals surface area (Å²) < 4.78 is 1.92. The maximum atomic E-state index is 4.76. The number of fused-ring (bicyclic) bond motifs is 1. The van der Waals surface area contributed by atoms with Crippen LogP contribution in [0.4, 0.5) is 11.6 Å². The highest BCUT2D eigenvalue weighted by Crippen LogP contribution is 2.38. The predicted octanol–water partition coefficient (Wildman–Crippen LogP) is 1.65. The monoisotopic (exact) mass is 336 g/mol. The van der Waals surface area contributed by atoms with Gasteiger partial charge in [0.1, 0.15) is 11.6 Å². The van der Waals surface area contributed by atoms with Crippen LogP contribution in [0.15, 0.2) is 24.5 Å². The van der Waals surface area contributed by atoms with Crippen LogP contribution in [0.2, 0.25) is 0 Å². The highest BCUT2D eigenvalue weighted by Gasteiger charge is 2.31. The number of hydrogen-bond acceptors (Lipinski definition) is 7. The van der Waals surface area contributed by atoms with E-state index in [1.807, 2.05) is 23.6 Å². The van der Waals surface area contributed by atoms with Crippen LogP contribution in [0.1, 0.15) is 30.3 Å². The molecule has 0 unspecified atom stereocenters. The quantitative estimate of drug-likeness (QED) is 0.758. The third kappa shape index (κ3) is 2.67. The van der Waals surface area contributed by atoms with Crippen LogP contribution in [0.5, 0.6) is 0 Å². The zero-order valence-corrected chi connectivity index (χ0v) is 14.1. The van der Waals surface area contributed by atoms with Crippen molar-refractivity contribution in [3.63, 3.8) is 0 Å². The number of aryl methyl sites for hydroxylation is 1. The molecule has 1 saturated heterocycles. The molecule has 0 spiro atoms. The fourth-order valence-corrected chi connectivity index (χ4v) is 3.27. The van der Waals surface area contributed by atoms with Gasteiger partial charge in [0.05, 0.1) is 5.69 Å². The molecule has 0 amide bonds. The van der Waals surface area contributed by atoms with E-state index in [1.165, 1.54) is 12.8 Å². The second-order valence-electron chi connectivity index (χ2n) is 6.94. The van der Waals surface area contributed by atoms with Gasteiger partial charge in [-0.15, -0.1) is 15.3 Å². The first kappa shape index (κ1) is 14.6. The molecule has 0 atom stereocenters. The summed E-state index contributed by atoms with van der Waals surface area (Å²) in [6.45, 7) is 4.85. The van der Waals surface area contributed by atoms with Gasteiger partial charge in [0.25, 0.3) is 0 Å². The van der Waals surface area contributed by atoms with Crippen molar-refractivity contribution in [2.75, 3.05) is 29.9 Å². The summed E-state index contributed by atoms with van der Waals surface area (Å²) >= 11 is 0. The topological polar surface area (TPSA) is 84.1 Å². The van der Waals surface area contributed by atoms with Gasteiger partial charge in [-0.1, -0.05) is 0 Å². The molecule has 128 valence electrons. The minimum absolute atomic E-state index is 0.543. The van der Waals surface area contributed by atoms with Crippen molar-refractivity contribution >= 4 is 17.3 Å². The molecule has 8 nitrogen and oxygen atoms in total. The Bertz CT molecular complexity index is 910. The predicted molar refractivity (Wildman–Crippen MR) is 93.7 cm³/mol. The minimum Gasteiger partial charge on any atom is -0.368 e. The standard InChI is InChI=1S/C17H20N8/c1-11-16(19-7-6-18-11)20-8-12-9-24(10-12)15-5-4-14-21-22-17(13-2-3-13)25(14)23-15/h4-7,12-13H,2-3,8-10H2,1H3,(H,19,20). The Kier molecular flexibility index (Phi) is 3.29. The molecule has 2 aliphatic rings. The Morgan fingerprint density at radius 3 is 2.76 bits per heavy atom. The van der Waals surface area contributed by atoms with E-state index in [0.717, 1.165) is 48.4 Å².